The van der Waals surface area contributed by atoms with Crippen LogP contribution in [0.4, 0.5) is 0 Å². The molecule has 7 heteroatoms. The first-order valence-corrected chi connectivity index (χ1v) is 7.80. The van der Waals surface area contributed by atoms with Crippen LogP contribution in [-0.4, -0.2) is 25.1 Å². The van der Waals surface area contributed by atoms with Gasteiger partial charge in [-0.05, 0) is 30.7 Å². The highest BCUT2D eigenvalue weighted by Gasteiger charge is 2.16. The van der Waals surface area contributed by atoms with Crippen molar-refractivity contribution in [1.29, 1.82) is 0 Å². The molecule has 0 aliphatic heterocycles. The number of carboxylic acids is 1. The van der Waals surface area contributed by atoms with E-state index in [1.807, 2.05) is 42.5 Å². The van der Waals surface area contributed by atoms with E-state index in [2.05, 4.69) is 10.1 Å². The number of aliphatic carboxylic acids is 1. The lowest BCUT2D eigenvalue weighted by Crippen LogP contribution is -2.29. The molecule has 2 heterocycles. The topological polar surface area (TPSA) is 92.3 Å². The van der Waals surface area contributed by atoms with Gasteiger partial charge in [-0.15, -0.1) is 0 Å². The minimum atomic E-state index is -1.22. The van der Waals surface area contributed by atoms with Gasteiger partial charge in [0.15, 0.2) is 0 Å². The number of benzene rings is 2. The van der Waals surface area contributed by atoms with Crippen LogP contribution in [0.5, 0.6) is 0 Å². The van der Waals surface area contributed by atoms with Crippen molar-refractivity contribution >= 4 is 22.8 Å². The van der Waals surface area contributed by atoms with Gasteiger partial charge >= 0.3 is 0 Å². The van der Waals surface area contributed by atoms with Gasteiger partial charge in [-0.25, -0.2) is 9.55 Å². The molecule has 0 unspecified atom stereocenters. The summed E-state index contributed by atoms with van der Waals surface area (Å²) in [5.41, 5.74) is 1.87. The number of aryl methyl sites for hydroxylation is 1. The Morgan fingerprint density at radius 2 is 1.76 bits per heavy atom. The number of nitrogens with zero attached hydrogens (tertiary/aromatic N) is 4. The quantitative estimate of drug-likeness (QED) is 0.548. The third kappa shape index (κ3) is 2.55. The van der Waals surface area contributed by atoms with Gasteiger partial charge in [-0.3, -0.25) is 4.79 Å². The Bertz CT molecular complexity index is 1150. The lowest BCUT2D eigenvalue weighted by molar-refractivity contribution is -0.305. The molecule has 0 atom stereocenters. The number of hydrogen-bond donors (Lipinski definition) is 0. The Balaban J connectivity index is 2.07. The molecule has 0 fully saturated rings. The minimum Gasteiger partial charge on any atom is -0.550 e. The van der Waals surface area contributed by atoms with E-state index < -0.39 is 5.97 Å². The van der Waals surface area contributed by atoms with Crippen LogP contribution < -0.4 is 10.7 Å². The van der Waals surface area contributed by atoms with Crippen molar-refractivity contribution in [1.82, 2.24) is 19.2 Å². The summed E-state index contributed by atoms with van der Waals surface area (Å²) < 4.78 is 3.03. The summed E-state index contributed by atoms with van der Waals surface area (Å²) in [5.74, 6) is -0.836. The lowest BCUT2D eigenvalue weighted by Gasteiger charge is -2.10. The molecule has 0 aliphatic rings. The molecule has 124 valence electrons. The standard InChI is InChI=1S/C18H14N4O3/c23-16(24)11-10-14-17(25)21(12-6-2-1-3-7-12)18-19-13-8-4-5-9-15(13)22(18)20-14/h1-9H,10-11H2,(H,23,24)/p-1. The molecule has 0 saturated carbocycles. The highest BCUT2D eigenvalue weighted by atomic mass is 16.4. The Morgan fingerprint density at radius 1 is 1.04 bits per heavy atom. The number of carbonyl (C=O) groups is 1. The number of para-hydroxylation sites is 3. The third-order valence-electron chi connectivity index (χ3n) is 3.97. The second kappa shape index (κ2) is 5.86. The fraction of sp³-hybridized carbons (Fsp3) is 0.111. The zero-order chi connectivity index (χ0) is 17.4. The summed E-state index contributed by atoms with van der Waals surface area (Å²) in [6.07, 6.45) is -0.272. The van der Waals surface area contributed by atoms with E-state index in [4.69, 9.17) is 0 Å². The average molecular weight is 333 g/mol. The first kappa shape index (κ1) is 15.1. The van der Waals surface area contributed by atoms with Crippen LogP contribution in [0, 0.1) is 0 Å². The molecular weight excluding hydrogens is 320 g/mol. The van der Waals surface area contributed by atoms with Gasteiger partial charge in [0.2, 0.25) is 5.78 Å². The van der Waals surface area contributed by atoms with Crippen LogP contribution in [0.2, 0.25) is 0 Å². The molecule has 4 rings (SSSR count). The highest BCUT2D eigenvalue weighted by Crippen LogP contribution is 2.17. The van der Waals surface area contributed by atoms with Gasteiger partial charge < -0.3 is 9.90 Å². The maximum absolute atomic E-state index is 12.9. The third-order valence-corrected chi connectivity index (χ3v) is 3.97. The van der Waals surface area contributed by atoms with Gasteiger partial charge in [-0.2, -0.15) is 9.61 Å². The van der Waals surface area contributed by atoms with E-state index >= 15 is 0 Å². The zero-order valence-corrected chi connectivity index (χ0v) is 13.1. The number of carboxylic acid groups (broad SMARTS) is 1. The molecule has 0 aliphatic carbocycles. The molecule has 0 spiro atoms. The molecule has 2 aromatic heterocycles. The second-order valence-electron chi connectivity index (χ2n) is 5.61. The van der Waals surface area contributed by atoms with E-state index in [-0.39, 0.29) is 24.1 Å². The fourth-order valence-electron chi connectivity index (χ4n) is 2.81. The maximum atomic E-state index is 12.9. The van der Waals surface area contributed by atoms with Crippen LogP contribution in [0.3, 0.4) is 0 Å². The first-order valence-electron chi connectivity index (χ1n) is 7.80. The molecule has 0 radical (unpaired) electrons. The molecule has 0 N–H and O–H groups in total. The Hall–Kier alpha value is -3.48. The van der Waals surface area contributed by atoms with Gasteiger partial charge in [0.05, 0.1) is 16.7 Å². The summed E-state index contributed by atoms with van der Waals surface area (Å²) in [5, 5.41) is 15.1. The maximum Gasteiger partial charge on any atom is 0.281 e. The molecule has 25 heavy (non-hydrogen) atoms. The van der Waals surface area contributed by atoms with Crippen LogP contribution in [-0.2, 0) is 11.2 Å². The minimum absolute atomic E-state index is 0.00352. The SMILES string of the molecule is O=C([O-])CCc1nn2c3ccccc3nc2n(-c2ccccc2)c1=O. The van der Waals surface area contributed by atoms with Crippen LogP contribution in [0.25, 0.3) is 22.5 Å². The largest absolute Gasteiger partial charge is 0.550 e. The number of rotatable bonds is 4. The van der Waals surface area contributed by atoms with Crippen molar-refractivity contribution in [3.05, 3.63) is 70.6 Å². The Labute approximate surface area is 141 Å². The normalized spacial score (nSPS) is 11.2. The molecule has 2 aromatic carbocycles. The summed E-state index contributed by atoms with van der Waals surface area (Å²) >= 11 is 0. The van der Waals surface area contributed by atoms with E-state index in [1.54, 1.807) is 16.6 Å². The zero-order valence-electron chi connectivity index (χ0n) is 13.1. The van der Waals surface area contributed by atoms with Crippen LogP contribution in [0.1, 0.15) is 12.1 Å². The van der Waals surface area contributed by atoms with Crippen molar-refractivity contribution in [2.45, 2.75) is 12.8 Å². The molecule has 4 aromatic rings. The first-order chi connectivity index (χ1) is 12.1. The van der Waals surface area contributed by atoms with Crippen molar-refractivity contribution in [2.24, 2.45) is 0 Å². The molecule has 0 bridgehead atoms. The van der Waals surface area contributed by atoms with Crippen molar-refractivity contribution in [3.63, 3.8) is 0 Å². The summed E-state index contributed by atoms with van der Waals surface area (Å²) in [4.78, 5) is 28.2. The van der Waals surface area contributed by atoms with Crippen molar-refractivity contribution in [3.8, 4) is 5.69 Å². The number of aromatic nitrogens is 4. The summed E-state index contributed by atoms with van der Waals surface area (Å²) in [6, 6.07) is 16.5. The summed E-state index contributed by atoms with van der Waals surface area (Å²) in [7, 11) is 0. The number of imidazole rings is 1. The van der Waals surface area contributed by atoms with Gasteiger partial charge in [-0.1, -0.05) is 30.3 Å². The highest BCUT2D eigenvalue weighted by molar-refractivity contribution is 5.79. The number of carbonyl (C=O) groups excluding carboxylic acids is 1. The predicted molar refractivity (Wildman–Crippen MR) is 89.4 cm³/mol. The molecule has 7 nitrogen and oxygen atoms in total. The predicted octanol–water partition coefficient (Wildman–Crippen LogP) is 0.716. The molecule has 0 amide bonds. The van der Waals surface area contributed by atoms with E-state index in [9.17, 15) is 14.7 Å². The second-order valence-corrected chi connectivity index (χ2v) is 5.61. The van der Waals surface area contributed by atoms with E-state index in [1.165, 1.54) is 4.57 Å². The van der Waals surface area contributed by atoms with Gasteiger partial charge in [0.1, 0.15) is 5.69 Å². The van der Waals surface area contributed by atoms with Gasteiger partial charge in [0.25, 0.3) is 5.56 Å². The Morgan fingerprint density at radius 3 is 2.52 bits per heavy atom. The van der Waals surface area contributed by atoms with E-state index in [0.717, 1.165) is 5.52 Å². The van der Waals surface area contributed by atoms with Gasteiger partial charge in [0, 0.05) is 12.4 Å². The Kier molecular flexibility index (Phi) is 3.53. The monoisotopic (exact) mass is 333 g/mol. The summed E-state index contributed by atoms with van der Waals surface area (Å²) in [6.45, 7) is 0. The van der Waals surface area contributed by atoms with Crippen molar-refractivity contribution in [2.75, 3.05) is 0 Å². The number of hydrogen-bond acceptors (Lipinski definition) is 5. The number of fused-ring (bicyclic) bond motifs is 3. The van der Waals surface area contributed by atoms with Crippen LogP contribution in [0.15, 0.2) is 59.4 Å². The smallest absolute Gasteiger partial charge is 0.281 e. The van der Waals surface area contributed by atoms with E-state index in [0.29, 0.717) is 17.0 Å². The fourth-order valence-corrected chi connectivity index (χ4v) is 2.81. The average Bonchev–Trinajstić information content (AvgIpc) is 2.98. The van der Waals surface area contributed by atoms with Crippen LogP contribution >= 0.6 is 0 Å². The lowest BCUT2D eigenvalue weighted by atomic mass is 10.2. The molecular formula is C18H13N4O3-. The van der Waals surface area contributed by atoms with Crippen molar-refractivity contribution < 1.29 is 9.90 Å². The molecule has 0 saturated heterocycles.